The van der Waals surface area contributed by atoms with Crippen LogP contribution in [0.1, 0.15) is 58.4 Å². The minimum atomic E-state index is 0. The molecule has 0 aliphatic carbocycles. The van der Waals surface area contributed by atoms with Crippen molar-refractivity contribution < 1.29 is 9.47 Å². The summed E-state index contributed by atoms with van der Waals surface area (Å²) in [5, 5.41) is 7.21. The van der Waals surface area contributed by atoms with Crippen LogP contribution in [0.5, 0.6) is 5.75 Å². The summed E-state index contributed by atoms with van der Waals surface area (Å²) >= 11 is 0. The largest absolute Gasteiger partial charge is 0.494 e. The predicted molar refractivity (Wildman–Crippen MR) is 144 cm³/mol. The van der Waals surface area contributed by atoms with E-state index in [0.29, 0.717) is 6.61 Å². The van der Waals surface area contributed by atoms with Gasteiger partial charge in [-0.25, -0.2) is 0 Å². The maximum Gasteiger partial charge on any atom is 0.191 e. The highest BCUT2D eigenvalue weighted by Crippen LogP contribution is 2.35. The topological polar surface area (TPSA) is 58.1 Å². The molecule has 1 aromatic rings. The number of ether oxygens (including phenoxy) is 2. The summed E-state index contributed by atoms with van der Waals surface area (Å²) < 4.78 is 11.3. The van der Waals surface area contributed by atoms with Gasteiger partial charge >= 0.3 is 0 Å². The van der Waals surface area contributed by atoms with E-state index in [1.54, 1.807) is 0 Å². The molecule has 32 heavy (non-hydrogen) atoms. The quantitative estimate of drug-likeness (QED) is 0.285. The molecule has 2 fully saturated rings. The molecular formula is C25H43IN4O2. The number of likely N-dealkylation sites (tertiary alicyclic amines) is 1. The normalized spacial score (nSPS) is 19.7. The number of nitrogens with one attached hydrogen (secondary N) is 2. The van der Waals surface area contributed by atoms with Gasteiger partial charge in [-0.15, -0.1) is 24.0 Å². The minimum absolute atomic E-state index is 0. The SMILES string of the molecule is CCOc1ccc(C2(CNC(=NC)NCC(C)(C)N3CCCCC3)CCOCC2)cc1.I. The van der Waals surface area contributed by atoms with Gasteiger partial charge in [0.1, 0.15) is 5.75 Å². The molecule has 0 unspecified atom stereocenters. The average Bonchev–Trinajstić information content (AvgIpc) is 2.81. The molecule has 2 N–H and O–H groups in total. The third-order valence-corrected chi connectivity index (χ3v) is 6.95. The van der Waals surface area contributed by atoms with Crippen LogP contribution in [0.2, 0.25) is 0 Å². The molecule has 7 heteroatoms. The molecule has 6 nitrogen and oxygen atoms in total. The Morgan fingerprint density at radius 2 is 1.75 bits per heavy atom. The summed E-state index contributed by atoms with van der Waals surface area (Å²) in [6, 6.07) is 8.61. The van der Waals surface area contributed by atoms with E-state index in [1.165, 1.54) is 37.9 Å². The van der Waals surface area contributed by atoms with E-state index >= 15 is 0 Å². The van der Waals surface area contributed by atoms with Gasteiger partial charge in [-0.05, 0) is 77.2 Å². The van der Waals surface area contributed by atoms with E-state index in [4.69, 9.17) is 9.47 Å². The maximum atomic E-state index is 5.70. The van der Waals surface area contributed by atoms with Crippen LogP contribution in [0.3, 0.4) is 0 Å². The molecule has 0 atom stereocenters. The van der Waals surface area contributed by atoms with Crippen molar-refractivity contribution in [2.45, 2.75) is 63.8 Å². The van der Waals surface area contributed by atoms with Crippen molar-refractivity contribution in [2.24, 2.45) is 4.99 Å². The maximum absolute atomic E-state index is 5.70. The van der Waals surface area contributed by atoms with Crippen LogP contribution in [0.25, 0.3) is 0 Å². The number of piperidine rings is 1. The number of hydrogen-bond acceptors (Lipinski definition) is 4. The zero-order chi connectivity index (χ0) is 22.2. The van der Waals surface area contributed by atoms with Gasteiger partial charge in [-0.1, -0.05) is 18.6 Å². The smallest absolute Gasteiger partial charge is 0.191 e. The molecule has 0 spiro atoms. The van der Waals surface area contributed by atoms with Crippen molar-refractivity contribution in [1.29, 1.82) is 0 Å². The average molecular weight is 559 g/mol. The van der Waals surface area contributed by atoms with Crippen molar-refractivity contribution >= 4 is 29.9 Å². The molecule has 2 saturated heterocycles. The van der Waals surface area contributed by atoms with Crippen LogP contribution in [0.4, 0.5) is 0 Å². The molecule has 2 aliphatic rings. The first kappa shape index (κ1) is 27.2. The number of aliphatic imine (C=N–C) groups is 1. The molecule has 182 valence electrons. The lowest BCUT2D eigenvalue weighted by atomic mass is 9.74. The van der Waals surface area contributed by atoms with E-state index in [1.807, 2.05) is 14.0 Å². The Labute approximate surface area is 211 Å². The monoisotopic (exact) mass is 558 g/mol. The van der Waals surface area contributed by atoms with E-state index in [9.17, 15) is 0 Å². The molecule has 1 aromatic carbocycles. The van der Waals surface area contributed by atoms with Gasteiger partial charge in [0.25, 0.3) is 0 Å². The van der Waals surface area contributed by atoms with Crippen LogP contribution >= 0.6 is 24.0 Å². The number of nitrogens with zero attached hydrogens (tertiary/aromatic N) is 2. The number of halogens is 1. The molecule has 2 heterocycles. The third kappa shape index (κ3) is 7.22. The summed E-state index contributed by atoms with van der Waals surface area (Å²) in [6.07, 6.45) is 5.99. The lowest BCUT2D eigenvalue weighted by molar-refractivity contribution is 0.0513. The lowest BCUT2D eigenvalue weighted by Crippen LogP contribution is -2.56. The van der Waals surface area contributed by atoms with Crippen molar-refractivity contribution in [3.05, 3.63) is 29.8 Å². The van der Waals surface area contributed by atoms with Gasteiger partial charge in [-0.2, -0.15) is 0 Å². The van der Waals surface area contributed by atoms with E-state index in [-0.39, 0.29) is 34.9 Å². The molecule has 2 aliphatic heterocycles. The zero-order valence-electron chi connectivity index (χ0n) is 20.4. The number of guanidine groups is 1. The molecule has 0 amide bonds. The Bertz CT molecular complexity index is 696. The van der Waals surface area contributed by atoms with Gasteiger partial charge in [0.2, 0.25) is 0 Å². The molecule has 0 saturated carbocycles. The number of rotatable bonds is 8. The van der Waals surface area contributed by atoms with Gasteiger partial charge < -0.3 is 20.1 Å². The second-order valence-corrected chi connectivity index (χ2v) is 9.49. The van der Waals surface area contributed by atoms with Gasteiger partial charge in [0, 0.05) is 44.3 Å². The second kappa shape index (κ2) is 13.0. The fraction of sp³-hybridized carbons (Fsp3) is 0.720. The van der Waals surface area contributed by atoms with Crippen LogP contribution in [0, 0.1) is 0 Å². The van der Waals surface area contributed by atoms with Crippen LogP contribution < -0.4 is 15.4 Å². The first-order chi connectivity index (χ1) is 15.0. The highest BCUT2D eigenvalue weighted by Gasteiger charge is 2.35. The fourth-order valence-electron chi connectivity index (χ4n) is 4.79. The third-order valence-electron chi connectivity index (χ3n) is 6.95. The molecule has 3 rings (SSSR count). The van der Waals surface area contributed by atoms with E-state index in [2.05, 4.69) is 58.6 Å². The molecule has 0 radical (unpaired) electrons. The Hall–Kier alpha value is -1.06. The summed E-state index contributed by atoms with van der Waals surface area (Å²) in [7, 11) is 1.86. The van der Waals surface area contributed by atoms with Crippen molar-refractivity contribution in [2.75, 3.05) is 53.0 Å². The first-order valence-corrected chi connectivity index (χ1v) is 12.0. The molecule has 0 aromatic heterocycles. The Morgan fingerprint density at radius 1 is 1.09 bits per heavy atom. The van der Waals surface area contributed by atoms with Gasteiger partial charge in [0.15, 0.2) is 5.96 Å². The number of benzene rings is 1. The summed E-state index contributed by atoms with van der Waals surface area (Å²) in [4.78, 5) is 7.12. The standard InChI is InChI=1S/C25H42N4O2.HI/c1-5-31-22-11-9-21(10-12-22)25(13-17-30-18-14-25)20-28-23(26-4)27-19-24(2,3)29-15-7-6-8-16-29;/h9-12H,5-8,13-20H2,1-4H3,(H2,26,27,28);1H. The molecule has 0 bridgehead atoms. The van der Waals surface area contributed by atoms with Crippen molar-refractivity contribution in [1.82, 2.24) is 15.5 Å². The van der Waals surface area contributed by atoms with Gasteiger partial charge in [0.05, 0.1) is 6.61 Å². The fourth-order valence-corrected chi connectivity index (χ4v) is 4.79. The summed E-state index contributed by atoms with van der Waals surface area (Å²) in [6.45, 7) is 13.1. The Balaban J connectivity index is 0.00000363. The van der Waals surface area contributed by atoms with Crippen LogP contribution in [-0.2, 0) is 10.2 Å². The second-order valence-electron chi connectivity index (χ2n) is 9.49. The Morgan fingerprint density at radius 3 is 2.34 bits per heavy atom. The van der Waals surface area contributed by atoms with Crippen LogP contribution in [0.15, 0.2) is 29.3 Å². The van der Waals surface area contributed by atoms with E-state index in [0.717, 1.165) is 50.9 Å². The highest BCUT2D eigenvalue weighted by atomic mass is 127. The van der Waals surface area contributed by atoms with Crippen molar-refractivity contribution in [3.63, 3.8) is 0 Å². The minimum Gasteiger partial charge on any atom is -0.494 e. The summed E-state index contributed by atoms with van der Waals surface area (Å²) in [5.41, 5.74) is 1.50. The summed E-state index contributed by atoms with van der Waals surface area (Å²) in [5.74, 6) is 1.81. The zero-order valence-corrected chi connectivity index (χ0v) is 22.7. The number of hydrogen-bond donors (Lipinski definition) is 2. The van der Waals surface area contributed by atoms with Crippen molar-refractivity contribution in [3.8, 4) is 5.75 Å². The Kier molecular flexibility index (Phi) is 11.0. The lowest BCUT2D eigenvalue weighted by Gasteiger charge is -2.41. The van der Waals surface area contributed by atoms with Crippen LogP contribution in [-0.4, -0.2) is 69.4 Å². The predicted octanol–water partition coefficient (Wildman–Crippen LogP) is 4.18. The van der Waals surface area contributed by atoms with E-state index < -0.39 is 0 Å². The first-order valence-electron chi connectivity index (χ1n) is 12.0. The highest BCUT2D eigenvalue weighted by molar-refractivity contribution is 14.0. The molecular weight excluding hydrogens is 515 g/mol. The van der Waals surface area contributed by atoms with Gasteiger partial charge in [-0.3, -0.25) is 9.89 Å².